The van der Waals surface area contributed by atoms with E-state index in [1.165, 1.54) is 0 Å². The Bertz CT molecular complexity index is 546. The second-order valence-corrected chi connectivity index (χ2v) is 6.68. The molecule has 0 bridgehead atoms. The van der Waals surface area contributed by atoms with Gasteiger partial charge in [-0.2, -0.15) is 0 Å². The molecule has 0 heterocycles. The molecule has 0 saturated heterocycles. The van der Waals surface area contributed by atoms with Crippen LogP contribution in [0.25, 0.3) is 0 Å². The Labute approximate surface area is 126 Å². The standard InChI is InChI=1S/C14H24N2O4S/c1-11(15-7-8-16-21(4,17)18)12-5-6-14(20-3)13(9-12)10-19-2/h5-6,9,11,15-16H,7-8,10H2,1-4H3. The number of hydrogen-bond acceptors (Lipinski definition) is 5. The van der Waals surface area contributed by atoms with Gasteiger partial charge >= 0.3 is 0 Å². The minimum Gasteiger partial charge on any atom is -0.496 e. The summed E-state index contributed by atoms with van der Waals surface area (Å²) >= 11 is 0. The van der Waals surface area contributed by atoms with Gasteiger partial charge in [-0.05, 0) is 24.6 Å². The zero-order valence-electron chi connectivity index (χ0n) is 13.0. The summed E-state index contributed by atoms with van der Waals surface area (Å²) in [7, 11) is 0.142. The highest BCUT2D eigenvalue weighted by atomic mass is 32.2. The van der Waals surface area contributed by atoms with Crippen molar-refractivity contribution in [2.45, 2.75) is 19.6 Å². The van der Waals surface area contributed by atoms with Gasteiger partial charge in [0, 0.05) is 31.8 Å². The number of nitrogens with one attached hydrogen (secondary N) is 2. The van der Waals surface area contributed by atoms with Crippen LogP contribution in [0, 0.1) is 0 Å². The predicted octanol–water partition coefficient (Wildman–Crippen LogP) is 1.04. The molecular weight excluding hydrogens is 292 g/mol. The summed E-state index contributed by atoms with van der Waals surface area (Å²) in [6.07, 6.45) is 1.15. The third-order valence-corrected chi connectivity index (χ3v) is 3.77. The minimum absolute atomic E-state index is 0.105. The van der Waals surface area contributed by atoms with Gasteiger partial charge < -0.3 is 14.8 Å². The van der Waals surface area contributed by atoms with Crippen molar-refractivity contribution in [1.29, 1.82) is 0 Å². The molecule has 0 aliphatic heterocycles. The molecule has 7 heteroatoms. The lowest BCUT2D eigenvalue weighted by molar-refractivity contribution is 0.181. The number of sulfonamides is 1. The van der Waals surface area contributed by atoms with E-state index >= 15 is 0 Å². The second-order valence-electron chi connectivity index (χ2n) is 4.85. The van der Waals surface area contributed by atoms with Crippen LogP contribution in [0.2, 0.25) is 0 Å². The molecule has 1 aromatic rings. The van der Waals surface area contributed by atoms with Gasteiger partial charge in [0.1, 0.15) is 5.75 Å². The van der Waals surface area contributed by atoms with Crippen molar-refractivity contribution in [2.75, 3.05) is 33.6 Å². The van der Waals surface area contributed by atoms with Gasteiger partial charge in [0.15, 0.2) is 0 Å². The average molecular weight is 316 g/mol. The number of methoxy groups -OCH3 is 2. The lowest BCUT2D eigenvalue weighted by Gasteiger charge is -2.17. The van der Waals surface area contributed by atoms with Crippen LogP contribution < -0.4 is 14.8 Å². The predicted molar refractivity (Wildman–Crippen MR) is 83.0 cm³/mol. The van der Waals surface area contributed by atoms with Crippen LogP contribution in [0.5, 0.6) is 5.75 Å². The monoisotopic (exact) mass is 316 g/mol. The second kappa shape index (κ2) is 8.33. The Kier molecular flexibility index (Phi) is 7.10. The van der Waals surface area contributed by atoms with Crippen LogP contribution in [0.3, 0.4) is 0 Å². The maximum absolute atomic E-state index is 11.0. The first-order valence-electron chi connectivity index (χ1n) is 6.71. The van der Waals surface area contributed by atoms with Crippen LogP contribution in [-0.2, 0) is 21.4 Å². The Balaban J connectivity index is 2.61. The fraction of sp³-hybridized carbons (Fsp3) is 0.571. The first-order chi connectivity index (χ1) is 9.87. The average Bonchev–Trinajstić information content (AvgIpc) is 2.42. The molecule has 0 aliphatic rings. The zero-order chi connectivity index (χ0) is 15.9. The Hall–Kier alpha value is -1.15. The third-order valence-electron chi connectivity index (χ3n) is 3.04. The topological polar surface area (TPSA) is 76.7 Å². The summed E-state index contributed by atoms with van der Waals surface area (Å²) in [6.45, 7) is 3.43. The zero-order valence-corrected chi connectivity index (χ0v) is 13.8. The minimum atomic E-state index is -3.13. The largest absolute Gasteiger partial charge is 0.496 e. The van der Waals surface area contributed by atoms with Crippen molar-refractivity contribution in [3.63, 3.8) is 0 Å². The van der Waals surface area contributed by atoms with E-state index in [1.54, 1.807) is 14.2 Å². The SMILES string of the molecule is COCc1cc(C(C)NCCNS(C)(=O)=O)ccc1OC. The lowest BCUT2D eigenvalue weighted by atomic mass is 10.0. The number of benzene rings is 1. The molecule has 0 aliphatic carbocycles. The molecule has 0 radical (unpaired) electrons. The molecule has 0 aromatic heterocycles. The number of rotatable bonds is 9. The summed E-state index contributed by atoms with van der Waals surface area (Å²) in [5, 5.41) is 3.27. The van der Waals surface area contributed by atoms with E-state index < -0.39 is 10.0 Å². The highest BCUT2D eigenvalue weighted by Gasteiger charge is 2.09. The molecule has 21 heavy (non-hydrogen) atoms. The highest BCUT2D eigenvalue weighted by Crippen LogP contribution is 2.23. The molecule has 1 unspecified atom stereocenters. The maximum atomic E-state index is 11.0. The molecule has 1 atom stereocenters. The lowest BCUT2D eigenvalue weighted by Crippen LogP contribution is -2.32. The van der Waals surface area contributed by atoms with E-state index in [-0.39, 0.29) is 6.04 Å². The summed E-state index contributed by atoms with van der Waals surface area (Å²) in [5.74, 6) is 0.798. The summed E-state index contributed by atoms with van der Waals surface area (Å²) in [6, 6.07) is 6.04. The molecule has 2 N–H and O–H groups in total. The van der Waals surface area contributed by atoms with E-state index in [4.69, 9.17) is 9.47 Å². The van der Waals surface area contributed by atoms with Crippen molar-refractivity contribution in [3.8, 4) is 5.75 Å². The molecule has 0 saturated carbocycles. The quantitative estimate of drug-likeness (QED) is 0.666. The van der Waals surface area contributed by atoms with Crippen molar-refractivity contribution >= 4 is 10.0 Å². The van der Waals surface area contributed by atoms with Gasteiger partial charge in [-0.3, -0.25) is 0 Å². The first kappa shape index (κ1) is 17.9. The fourth-order valence-electron chi connectivity index (χ4n) is 1.98. The molecular formula is C14H24N2O4S. The summed E-state index contributed by atoms with van der Waals surface area (Å²) in [5.41, 5.74) is 2.09. The Morgan fingerprint density at radius 2 is 1.95 bits per heavy atom. The molecule has 0 spiro atoms. The van der Waals surface area contributed by atoms with Crippen molar-refractivity contribution in [3.05, 3.63) is 29.3 Å². The third kappa shape index (κ3) is 6.43. The molecule has 0 fully saturated rings. The smallest absolute Gasteiger partial charge is 0.208 e. The molecule has 1 rings (SSSR count). The molecule has 1 aromatic carbocycles. The van der Waals surface area contributed by atoms with E-state index in [0.717, 1.165) is 23.1 Å². The Morgan fingerprint density at radius 1 is 1.24 bits per heavy atom. The van der Waals surface area contributed by atoms with Crippen LogP contribution in [-0.4, -0.2) is 42.0 Å². The van der Waals surface area contributed by atoms with Gasteiger partial charge in [0.2, 0.25) is 10.0 Å². The van der Waals surface area contributed by atoms with Crippen LogP contribution in [0.1, 0.15) is 24.1 Å². The van der Waals surface area contributed by atoms with Crippen molar-refractivity contribution in [1.82, 2.24) is 10.0 Å². The first-order valence-corrected chi connectivity index (χ1v) is 8.60. The maximum Gasteiger partial charge on any atom is 0.208 e. The van der Waals surface area contributed by atoms with E-state index in [2.05, 4.69) is 10.0 Å². The van der Waals surface area contributed by atoms with E-state index in [1.807, 2.05) is 25.1 Å². The summed E-state index contributed by atoms with van der Waals surface area (Å²) in [4.78, 5) is 0. The van der Waals surface area contributed by atoms with Gasteiger partial charge in [0.05, 0.1) is 20.0 Å². The molecule has 0 amide bonds. The van der Waals surface area contributed by atoms with Gasteiger partial charge in [-0.25, -0.2) is 13.1 Å². The van der Waals surface area contributed by atoms with Crippen LogP contribution in [0.15, 0.2) is 18.2 Å². The van der Waals surface area contributed by atoms with Gasteiger partial charge in [0.25, 0.3) is 0 Å². The van der Waals surface area contributed by atoms with Crippen molar-refractivity contribution in [2.24, 2.45) is 0 Å². The van der Waals surface area contributed by atoms with Crippen LogP contribution in [0.4, 0.5) is 0 Å². The van der Waals surface area contributed by atoms with Gasteiger partial charge in [-0.15, -0.1) is 0 Å². The number of ether oxygens (including phenoxy) is 2. The van der Waals surface area contributed by atoms with Crippen LogP contribution >= 0.6 is 0 Å². The fourth-order valence-corrected chi connectivity index (χ4v) is 2.45. The molecule has 120 valence electrons. The summed E-state index contributed by atoms with van der Waals surface area (Å²) < 4.78 is 34.8. The van der Waals surface area contributed by atoms with E-state index in [9.17, 15) is 8.42 Å². The molecule has 6 nitrogen and oxygen atoms in total. The highest BCUT2D eigenvalue weighted by molar-refractivity contribution is 7.88. The van der Waals surface area contributed by atoms with Crippen molar-refractivity contribution < 1.29 is 17.9 Å². The Morgan fingerprint density at radius 3 is 2.52 bits per heavy atom. The van der Waals surface area contributed by atoms with Gasteiger partial charge in [-0.1, -0.05) is 6.07 Å². The van der Waals surface area contributed by atoms with E-state index in [0.29, 0.717) is 19.7 Å². The normalized spacial score (nSPS) is 13.1. The number of hydrogen-bond donors (Lipinski definition) is 2.